The maximum atomic E-state index is 12.9. The minimum atomic E-state index is -0.199. The first kappa shape index (κ1) is 17.9. The summed E-state index contributed by atoms with van der Waals surface area (Å²) in [6, 6.07) is 12.3. The summed E-state index contributed by atoms with van der Waals surface area (Å²) < 4.78 is 0. The number of piperidine rings is 1. The number of rotatable bonds is 3. The fourth-order valence-electron chi connectivity index (χ4n) is 4.00. The molecule has 2 aromatic carbocycles. The van der Waals surface area contributed by atoms with Gasteiger partial charge in [0, 0.05) is 29.4 Å². The van der Waals surface area contributed by atoms with E-state index in [9.17, 15) is 9.59 Å². The van der Waals surface area contributed by atoms with Gasteiger partial charge in [0.05, 0.1) is 11.3 Å². The van der Waals surface area contributed by atoms with Gasteiger partial charge in [-0.25, -0.2) is 0 Å². The van der Waals surface area contributed by atoms with Gasteiger partial charge in [-0.3, -0.25) is 9.59 Å². The number of carbonyl (C=O) groups excluding carboxylic acids is 2. The normalized spacial score (nSPS) is 18.7. The maximum absolute atomic E-state index is 12.9. The molecule has 2 heterocycles. The van der Waals surface area contributed by atoms with Gasteiger partial charge in [-0.05, 0) is 68.7 Å². The molecule has 0 aromatic heterocycles. The third-order valence-corrected chi connectivity index (χ3v) is 5.59. The fraction of sp³-hybridized carbons (Fsp3) is 0.333. The molecule has 2 amide bonds. The molecule has 27 heavy (non-hydrogen) atoms. The van der Waals surface area contributed by atoms with Crippen molar-refractivity contribution in [3.63, 3.8) is 0 Å². The average molecular weight is 384 g/mol. The molecule has 0 spiro atoms. The van der Waals surface area contributed by atoms with Crippen molar-refractivity contribution in [3.8, 4) is 0 Å². The van der Waals surface area contributed by atoms with Gasteiger partial charge in [0.2, 0.25) is 0 Å². The van der Waals surface area contributed by atoms with Crippen LogP contribution in [-0.2, 0) is 0 Å². The third kappa shape index (κ3) is 3.28. The Morgan fingerprint density at radius 3 is 2.70 bits per heavy atom. The number of carbonyl (C=O) groups is 2. The molecule has 6 heteroatoms. The number of halogens is 1. The van der Waals surface area contributed by atoms with Gasteiger partial charge in [0.1, 0.15) is 6.17 Å². The van der Waals surface area contributed by atoms with Crippen molar-refractivity contribution < 1.29 is 9.59 Å². The van der Waals surface area contributed by atoms with Gasteiger partial charge >= 0.3 is 0 Å². The number of benzene rings is 2. The van der Waals surface area contributed by atoms with Crippen LogP contribution < -0.4 is 10.2 Å². The molecule has 0 aliphatic carbocycles. The van der Waals surface area contributed by atoms with E-state index >= 15 is 0 Å². The number of amides is 2. The van der Waals surface area contributed by atoms with E-state index in [2.05, 4.69) is 17.1 Å². The largest absolute Gasteiger partial charge is 0.351 e. The summed E-state index contributed by atoms with van der Waals surface area (Å²) >= 11 is 5.89. The number of nitrogens with one attached hydrogen (secondary N) is 1. The number of anilines is 2. The van der Waals surface area contributed by atoms with Gasteiger partial charge < -0.3 is 15.1 Å². The highest BCUT2D eigenvalue weighted by Gasteiger charge is 2.38. The van der Waals surface area contributed by atoms with Crippen molar-refractivity contribution in [1.82, 2.24) is 4.90 Å². The fourth-order valence-corrected chi connectivity index (χ4v) is 4.13. The van der Waals surface area contributed by atoms with Gasteiger partial charge in [-0.1, -0.05) is 11.6 Å². The zero-order valence-electron chi connectivity index (χ0n) is 15.2. The Balaban J connectivity index is 1.65. The Morgan fingerprint density at radius 1 is 1.19 bits per heavy atom. The van der Waals surface area contributed by atoms with E-state index in [1.807, 2.05) is 11.0 Å². The van der Waals surface area contributed by atoms with Crippen LogP contribution in [0, 0.1) is 0 Å². The Labute approximate surface area is 163 Å². The van der Waals surface area contributed by atoms with Crippen LogP contribution in [0.4, 0.5) is 11.4 Å². The number of hydrogen-bond acceptors (Lipinski definition) is 3. The summed E-state index contributed by atoms with van der Waals surface area (Å²) in [7, 11) is 0. The highest BCUT2D eigenvalue weighted by Crippen LogP contribution is 2.35. The van der Waals surface area contributed by atoms with E-state index in [1.54, 1.807) is 36.4 Å². The van der Waals surface area contributed by atoms with Crippen LogP contribution in [0.15, 0.2) is 42.5 Å². The second-order valence-corrected chi connectivity index (χ2v) is 7.39. The van der Waals surface area contributed by atoms with E-state index < -0.39 is 0 Å². The van der Waals surface area contributed by atoms with Crippen molar-refractivity contribution in [1.29, 1.82) is 0 Å². The number of hydrogen-bond donors (Lipinski definition) is 1. The molecule has 0 saturated carbocycles. The van der Waals surface area contributed by atoms with E-state index in [0.717, 1.165) is 38.0 Å². The lowest BCUT2D eigenvalue weighted by molar-refractivity contribution is 0.0582. The topological polar surface area (TPSA) is 52.7 Å². The molecule has 1 N–H and O–H groups in total. The van der Waals surface area contributed by atoms with E-state index in [1.165, 1.54) is 0 Å². The predicted octanol–water partition coefficient (Wildman–Crippen LogP) is 4.38. The quantitative estimate of drug-likeness (QED) is 0.855. The monoisotopic (exact) mass is 383 g/mol. The third-order valence-electron chi connectivity index (χ3n) is 5.33. The Bertz CT molecular complexity index is 881. The standard InChI is InChI=1S/C21H22ClN3O2/c1-2-24-18-13-14(20(26)23-16-9-7-15(22)8-10-16)6-11-17(18)21(27)25-12-4-3-5-19(24)25/h6-11,13,19H,2-5,12H2,1H3,(H,23,26)/t19-/m0/s1. The Kier molecular flexibility index (Phi) is 4.79. The first-order valence-electron chi connectivity index (χ1n) is 9.37. The maximum Gasteiger partial charge on any atom is 0.257 e. The van der Waals surface area contributed by atoms with Crippen molar-refractivity contribution in [2.75, 3.05) is 23.3 Å². The van der Waals surface area contributed by atoms with Crippen LogP contribution >= 0.6 is 11.6 Å². The zero-order valence-corrected chi connectivity index (χ0v) is 16.0. The minimum absolute atomic E-state index is 0.0732. The second kappa shape index (κ2) is 7.24. The van der Waals surface area contributed by atoms with Crippen LogP contribution in [0.3, 0.4) is 0 Å². The van der Waals surface area contributed by atoms with Crippen LogP contribution in [0.1, 0.15) is 46.9 Å². The SMILES string of the molecule is CCN1c2cc(C(=O)Nc3ccc(Cl)cc3)ccc2C(=O)N2CCCC[C@H]21. The summed E-state index contributed by atoms with van der Waals surface area (Å²) in [6.07, 6.45) is 3.24. The molecule has 1 atom stereocenters. The molecule has 2 aliphatic heterocycles. The van der Waals surface area contributed by atoms with Crippen LogP contribution in [0.5, 0.6) is 0 Å². The minimum Gasteiger partial charge on any atom is -0.351 e. The number of nitrogens with zero attached hydrogens (tertiary/aromatic N) is 2. The van der Waals surface area contributed by atoms with E-state index in [-0.39, 0.29) is 18.0 Å². The lowest BCUT2D eigenvalue weighted by Gasteiger charge is -2.47. The van der Waals surface area contributed by atoms with Gasteiger partial charge in [-0.2, -0.15) is 0 Å². The molecule has 0 bridgehead atoms. The lowest BCUT2D eigenvalue weighted by atomic mass is 9.97. The van der Waals surface area contributed by atoms with Crippen LogP contribution in [0.2, 0.25) is 5.02 Å². The lowest BCUT2D eigenvalue weighted by Crippen LogP contribution is -2.57. The molecule has 2 aromatic rings. The first-order chi connectivity index (χ1) is 13.1. The van der Waals surface area contributed by atoms with E-state index in [0.29, 0.717) is 21.8 Å². The molecule has 1 saturated heterocycles. The van der Waals surface area contributed by atoms with Gasteiger partial charge in [0.15, 0.2) is 0 Å². The van der Waals surface area contributed by atoms with Crippen molar-refractivity contribution in [3.05, 3.63) is 58.6 Å². The zero-order chi connectivity index (χ0) is 19.0. The van der Waals surface area contributed by atoms with Crippen LogP contribution in [0.25, 0.3) is 0 Å². The summed E-state index contributed by atoms with van der Waals surface area (Å²) in [4.78, 5) is 29.8. The molecule has 4 rings (SSSR count). The molecule has 0 unspecified atom stereocenters. The summed E-state index contributed by atoms with van der Waals surface area (Å²) in [5.41, 5.74) is 2.76. The molecule has 0 radical (unpaired) electrons. The molecule has 2 aliphatic rings. The smallest absolute Gasteiger partial charge is 0.257 e. The highest BCUT2D eigenvalue weighted by atomic mass is 35.5. The first-order valence-corrected chi connectivity index (χ1v) is 9.75. The second-order valence-electron chi connectivity index (χ2n) is 6.95. The van der Waals surface area contributed by atoms with E-state index in [4.69, 9.17) is 11.6 Å². The molecular formula is C21H22ClN3O2. The summed E-state index contributed by atoms with van der Waals surface area (Å²) in [5, 5.41) is 3.50. The van der Waals surface area contributed by atoms with Crippen molar-refractivity contribution in [2.24, 2.45) is 0 Å². The Hall–Kier alpha value is -2.53. The molecular weight excluding hydrogens is 362 g/mol. The number of fused-ring (bicyclic) bond motifs is 2. The van der Waals surface area contributed by atoms with Crippen molar-refractivity contribution >= 4 is 34.8 Å². The predicted molar refractivity (Wildman–Crippen MR) is 108 cm³/mol. The molecule has 1 fully saturated rings. The Morgan fingerprint density at radius 2 is 1.96 bits per heavy atom. The average Bonchev–Trinajstić information content (AvgIpc) is 2.70. The summed E-state index contributed by atoms with van der Waals surface area (Å²) in [5.74, 6) is -0.126. The molecule has 140 valence electrons. The van der Waals surface area contributed by atoms with Gasteiger partial charge in [0.25, 0.3) is 11.8 Å². The van der Waals surface area contributed by atoms with Gasteiger partial charge in [-0.15, -0.1) is 0 Å². The summed E-state index contributed by atoms with van der Waals surface area (Å²) in [6.45, 7) is 3.69. The van der Waals surface area contributed by atoms with Crippen molar-refractivity contribution in [2.45, 2.75) is 32.4 Å². The molecule has 5 nitrogen and oxygen atoms in total. The highest BCUT2D eigenvalue weighted by molar-refractivity contribution is 6.30. The van der Waals surface area contributed by atoms with Crippen LogP contribution in [-0.4, -0.2) is 36.0 Å².